The zero-order valence-electron chi connectivity index (χ0n) is 35.6. The Labute approximate surface area is 338 Å². The van der Waals surface area contributed by atoms with E-state index < -0.39 is 26.5 Å². The van der Waals surface area contributed by atoms with E-state index in [1.54, 1.807) is 0 Å². The molecule has 0 aliphatic carbocycles. The molecule has 3 N–H and O–H groups in total. The zero-order chi connectivity index (χ0) is 40.3. The van der Waals surface area contributed by atoms with Gasteiger partial charge in [0.1, 0.15) is 12.7 Å². The number of phosphoric ester groups is 1. The molecule has 0 saturated carbocycles. The minimum atomic E-state index is -4.42. The van der Waals surface area contributed by atoms with Crippen LogP contribution < -0.4 is 5.32 Å². The van der Waals surface area contributed by atoms with Crippen molar-refractivity contribution in [1.29, 1.82) is 0 Å². The summed E-state index contributed by atoms with van der Waals surface area (Å²) in [7, 11) is -4.42. The van der Waals surface area contributed by atoms with Crippen LogP contribution in [0.2, 0.25) is 0 Å². The van der Waals surface area contributed by atoms with Crippen molar-refractivity contribution in [3.8, 4) is 0 Å². The summed E-state index contributed by atoms with van der Waals surface area (Å²) in [5.74, 6) is -0.524. The molecule has 2 unspecified atom stereocenters. The van der Waals surface area contributed by atoms with Gasteiger partial charge in [0.2, 0.25) is 5.91 Å². The molecule has 0 aromatic rings. The Morgan fingerprint density at radius 2 is 0.927 bits per heavy atom. The molecule has 0 saturated heterocycles. The first-order valence-corrected chi connectivity index (χ1v) is 24.3. The van der Waals surface area contributed by atoms with E-state index in [-0.39, 0.29) is 32.1 Å². The van der Waals surface area contributed by atoms with E-state index in [2.05, 4.69) is 43.5 Å². The van der Waals surface area contributed by atoms with Crippen LogP contribution in [0.3, 0.4) is 0 Å². The highest BCUT2D eigenvalue weighted by molar-refractivity contribution is 7.47. The molecule has 0 spiro atoms. The molecule has 0 aliphatic heterocycles. The number of aliphatic hydroxyl groups is 1. The molecule has 0 aromatic heterocycles. The van der Waals surface area contributed by atoms with Gasteiger partial charge >= 0.3 is 13.8 Å². The standard InChI is InChI=1S/C45H86NO8P/c1-3-5-7-9-11-13-15-17-19-21-22-24-26-28-30-32-34-36-38-45(49)52-41-43(47)42-54-55(50,51)53-40-39-46-44(48)37-35-33-31-29-27-25-23-20-18-16-14-12-10-8-6-4-2/h19-21,23,43,47H,3-18,22,24-42H2,1-2H3,(H,46,48)(H,50,51)/b21-19-,23-20-. The third-order valence-electron chi connectivity index (χ3n) is 9.85. The van der Waals surface area contributed by atoms with Gasteiger partial charge in [-0.3, -0.25) is 18.6 Å². The van der Waals surface area contributed by atoms with Crippen molar-refractivity contribution in [2.75, 3.05) is 26.4 Å². The maximum absolute atomic E-state index is 12.1. The fraction of sp³-hybridized carbons (Fsp3) is 0.867. The topological polar surface area (TPSA) is 131 Å². The largest absolute Gasteiger partial charge is 0.472 e. The van der Waals surface area contributed by atoms with E-state index in [0.717, 1.165) is 44.9 Å². The maximum Gasteiger partial charge on any atom is 0.472 e. The van der Waals surface area contributed by atoms with Crippen LogP contribution in [0.1, 0.15) is 219 Å². The number of hydrogen-bond acceptors (Lipinski definition) is 7. The number of phosphoric acid groups is 1. The molecule has 0 rings (SSSR count). The zero-order valence-corrected chi connectivity index (χ0v) is 36.5. The third kappa shape index (κ3) is 43.5. The van der Waals surface area contributed by atoms with Gasteiger partial charge in [-0.2, -0.15) is 0 Å². The summed E-state index contributed by atoms with van der Waals surface area (Å²) in [5, 5.41) is 12.7. The van der Waals surface area contributed by atoms with Crippen LogP contribution in [0, 0.1) is 0 Å². The van der Waals surface area contributed by atoms with E-state index in [4.69, 9.17) is 13.8 Å². The van der Waals surface area contributed by atoms with Gasteiger partial charge in [0.15, 0.2) is 0 Å². The van der Waals surface area contributed by atoms with Crippen molar-refractivity contribution in [2.24, 2.45) is 0 Å². The lowest BCUT2D eigenvalue weighted by Crippen LogP contribution is -2.27. The van der Waals surface area contributed by atoms with Crippen LogP contribution in [-0.2, 0) is 27.9 Å². The van der Waals surface area contributed by atoms with E-state index in [1.807, 2.05) is 0 Å². The Morgan fingerprint density at radius 3 is 1.36 bits per heavy atom. The van der Waals surface area contributed by atoms with Gasteiger partial charge < -0.3 is 20.1 Å². The fourth-order valence-electron chi connectivity index (χ4n) is 6.37. The van der Waals surface area contributed by atoms with E-state index in [0.29, 0.717) is 6.42 Å². The van der Waals surface area contributed by atoms with E-state index >= 15 is 0 Å². The van der Waals surface area contributed by atoms with E-state index in [1.165, 1.54) is 148 Å². The smallest absolute Gasteiger partial charge is 0.463 e. The second-order valence-corrected chi connectivity index (χ2v) is 16.8. The molecule has 0 heterocycles. The summed E-state index contributed by atoms with van der Waals surface area (Å²) in [6, 6.07) is 0. The third-order valence-corrected chi connectivity index (χ3v) is 10.8. The van der Waals surface area contributed by atoms with Gasteiger partial charge in [-0.25, -0.2) is 4.57 Å². The minimum absolute atomic E-state index is 0.0785. The molecule has 2 atom stereocenters. The molecule has 1 amide bonds. The first-order chi connectivity index (χ1) is 26.8. The van der Waals surface area contributed by atoms with Crippen molar-refractivity contribution >= 4 is 19.7 Å². The van der Waals surface area contributed by atoms with Crippen LogP contribution in [-0.4, -0.2) is 54.3 Å². The number of amides is 1. The Morgan fingerprint density at radius 1 is 0.545 bits per heavy atom. The van der Waals surface area contributed by atoms with Gasteiger partial charge in [-0.1, -0.05) is 167 Å². The van der Waals surface area contributed by atoms with Gasteiger partial charge in [-0.05, 0) is 64.2 Å². The van der Waals surface area contributed by atoms with Gasteiger partial charge in [0, 0.05) is 19.4 Å². The molecular formula is C45H86NO8P. The number of hydrogen-bond donors (Lipinski definition) is 3. The van der Waals surface area contributed by atoms with E-state index in [9.17, 15) is 24.2 Å². The van der Waals surface area contributed by atoms with Crippen LogP contribution in [0.5, 0.6) is 0 Å². The molecule has 0 radical (unpaired) electrons. The van der Waals surface area contributed by atoms with Crippen molar-refractivity contribution in [3.05, 3.63) is 24.3 Å². The molecule has 9 nitrogen and oxygen atoms in total. The Balaban J connectivity index is 3.59. The maximum atomic E-state index is 12.1. The first-order valence-electron chi connectivity index (χ1n) is 22.8. The number of allylic oxidation sites excluding steroid dienone is 4. The number of rotatable bonds is 43. The van der Waals surface area contributed by atoms with Gasteiger partial charge in [0.05, 0.1) is 13.2 Å². The predicted octanol–water partition coefficient (Wildman–Crippen LogP) is 12.8. The number of unbranched alkanes of at least 4 members (excludes halogenated alkanes) is 26. The molecular weight excluding hydrogens is 713 g/mol. The summed E-state index contributed by atoms with van der Waals surface area (Å²) >= 11 is 0. The summed E-state index contributed by atoms with van der Waals surface area (Å²) < 4.78 is 26.9. The highest BCUT2D eigenvalue weighted by Crippen LogP contribution is 2.42. The number of nitrogens with one attached hydrogen (secondary N) is 1. The molecule has 0 bridgehead atoms. The average molecular weight is 800 g/mol. The molecule has 10 heteroatoms. The van der Waals surface area contributed by atoms with Crippen molar-refractivity contribution < 1.29 is 37.9 Å². The number of carbonyl (C=O) groups excluding carboxylic acids is 2. The van der Waals surface area contributed by atoms with Crippen LogP contribution >= 0.6 is 7.82 Å². The summed E-state index contributed by atoms with van der Waals surface area (Å²) in [5.41, 5.74) is 0. The monoisotopic (exact) mass is 800 g/mol. The number of ether oxygens (including phenoxy) is 1. The van der Waals surface area contributed by atoms with Crippen LogP contribution in [0.15, 0.2) is 24.3 Å². The molecule has 0 aliphatic rings. The number of carbonyl (C=O) groups is 2. The number of esters is 1. The highest BCUT2D eigenvalue weighted by atomic mass is 31.2. The second-order valence-electron chi connectivity index (χ2n) is 15.4. The first kappa shape index (κ1) is 53.5. The van der Waals surface area contributed by atoms with Crippen LogP contribution in [0.4, 0.5) is 0 Å². The second kappa shape index (κ2) is 42.1. The average Bonchev–Trinajstić information content (AvgIpc) is 3.17. The number of aliphatic hydroxyl groups excluding tert-OH is 1. The lowest BCUT2D eigenvalue weighted by atomic mass is 10.1. The summed E-state index contributed by atoms with van der Waals surface area (Å²) in [4.78, 5) is 33.9. The minimum Gasteiger partial charge on any atom is -0.463 e. The lowest BCUT2D eigenvalue weighted by Gasteiger charge is -2.15. The van der Waals surface area contributed by atoms with Gasteiger partial charge in [-0.15, -0.1) is 0 Å². The van der Waals surface area contributed by atoms with Crippen molar-refractivity contribution in [3.63, 3.8) is 0 Å². The van der Waals surface area contributed by atoms with Crippen LogP contribution in [0.25, 0.3) is 0 Å². The molecule has 0 fully saturated rings. The molecule has 324 valence electrons. The predicted molar refractivity (Wildman–Crippen MR) is 229 cm³/mol. The molecule has 55 heavy (non-hydrogen) atoms. The highest BCUT2D eigenvalue weighted by Gasteiger charge is 2.23. The summed E-state index contributed by atoms with van der Waals surface area (Å²) in [6.45, 7) is 3.56. The van der Waals surface area contributed by atoms with Crippen molar-refractivity contribution in [2.45, 2.75) is 225 Å². The summed E-state index contributed by atoms with van der Waals surface area (Å²) in [6.07, 6.45) is 45.3. The Bertz CT molecular complexity index is 959. The lowest BCUT2D eigenvalue weighted by molar-refractivity contribution is -0.147. The van der Waals surface area contributed by atoms with Crippen molar-refractivity contribution in [1.82, 2.24) is 5.32 Å². The Kier molecular flexibility index (Phi) is 40.9. The Hall–Kier alpha value is -1.51. The normalized spacial score (nSPS) is 13.5. The fourth-order valence-corrected chi connectivity index (χ4v) is 7.13. The SMILES string of the molecule is CCCCCCCCC/C=C\CCCCCCCCCC(=O)OCC(O)COP(=O)(O)OCCNC(=O)CCCCCCC/C=C\CCCCCCCCC. The quantitative estimate of drug-likeness (QED) is 0.0240. The van der Waals surface area contributed by atoms with Gasteiger partial charge in [0.25, 0.3) is 0 Å². The molecule has 0 aromatic carbocycles.